The zero-order valence-corrected chi connectivity index (χ0v) is 18.6. The van der Waals surface area contributed by atoms with Crippen LogP contribution in [0, 0.1) is 0 Å². The Balaban J connectivity index is 1.42. The topological polar surface area (TPSA) is 84.4 Å². The Morgan fingerprint density at radius 3 is 2.77 bits per heavy atom. The van der Waals surface area contributed by atoms with Crippen molar-refractivity contribution in [3.05, 3.63) is 65.2 Å². The van der Waals surface area contributed by atoms with E-state index in [-0.39, 0.29) is 17.7 Å². The van der Waals surface area contributed by atoms with Crippen LogP contribution in [0.4, 0.5) is 10.8 Å². The lowest BCUT2D eigenvalue weighted by Gasteiger charge is -2.15. The van der Waals surface area contributed by atoms with E-state index in [0.717, 1.165) is 21.3 Å². The van der Waals surface area contributed by atoms with E-state index in [0.29, 0.717) is 30.3 Å². The molecule has 1 aromatic heterocycles. The van der Waals surface area contributed by atoms with Crippen molar-refractivity contribution < 1.29 is 14.3 Å². The summed E-state index contributed by atoms with van der Waals surface area (Å²) in [5.74, 6) is 0.570. The summed E-state index contributed by atoms with van der Waals surface area (Å²) >= 11 is 2.89. The SMILES string of the molecule is COCCSc1ccccc1C(=O)Nc1nnc(C2CC(=O)N(c3ccccc3)C2)s1. The summed E-state index contributed by atoms with van der Waals surface area (Å²) in [7, 11) is 1.66. The van der Waals surface area contributed by atoms with Crippen LogP contribution >= 0.6 is 23.1 Å². The fourth-order valence-electron chi connectivity index (χ4n) is 3.36. The van der Waals surface area contributed by atoms with Gasteiger partial charge in [0.25, 0.3) is 5.91 Å². The highest BCUT2D eigenvalue weighted by atomic mass is 32.2. The summed E-state index contributed by atoms with van der Waals surface area (Å²) in [6.45, 7) is 1.17. The van der Waals surface area contributed by atoms with Crippen molar-refractivity contribution >= 4 is 45.7 Å². The number of nitrogens with one attached hydrogen (secondary N) is 1. The third-order valence-corrected chi connectivity index (χ3v) is 6.92. The Kier molecular flexibility index (Phi) is 6.96. The summed E-state index contributed by atoms with van der Waals surface area (Å²) in [6.07, 6.45) is 0.385. The van der Waals surface area contributed by atoms with Gasteiger partial charge in [0, 0.05) is 42.3 Å². The molecule has 0 spiro atoms. The average Bonchev–Trinajstić information content (AvgIpc) is 3.41. The highest BCUT2D eigenvalue weighted by Gasteiger charge is 2.34. The van der Waals surface area contributed by atoms with Crippen LogP contribution in [0.15, 0.2) is 59.5 Å². The predicted molar refractivity (Wildman–Crippen MR) is 123 cm³/mol. The van der Waals surface area contributed by atoms with Crippen molar-refractivity contribution in [2.24, 2.45) is 0 Å². The highest BCUT2D eigenvalue weighted by Crippen LogP contribution is 2.34. The summed E-state index contributed by atoms with van der Waals surface area (Å²) < 4.78 is 5.09. The van der Waals surface area contributed by atoms with Crippen molar-refractivity contribution in [3.8, 4) is 0 Å². The van der Waals surface area contributed by atoms with Crippen LogP contribution < -0.4 is 10.2 Å². The van der Waals surface area contributed by atoms with Crippen molar-refractivity contribution in [1.82, 2.24) is 10.2 Å². The van der Waals surface area contributed by atoms with E-state index in [1.54, 1.807) is 29.8 Å². The Hall–Kier alpha value is -2.75. The lowest BCUT2D eigenvalue weighted by atomic mass is 10.1. The molecule has 31 heavy (non-hydrogen) atoms. The van der Waals surface area contributed by atoms with Crippen molar-refractivity contribution in [2.45, 2.75) is 17.2 Å². The van der Waals surface area contributed by atoms with Crippen LogP contribution in [-0.2, 0) is 9.53 Å². The molecule has 1 aliphatic heterocycles. The molecule has 1 aliphatic rings. The molecule has 2 heterocycles. The maximum absolute atomic E-state index is 12.8. The van der Waals surface area contributed by atoms with Crippen molar-refractivity contribution in [1.29, 1.82) is 0 Å². The van der Waals surface area contributed by atoms with Gasteiger partial charge in [0.05, 0.1) is 12.2 Å². The van der Waals surface area contributed by atoms with E-state index < -0.39 is 0 Å². The number of carbonyl (C=O) groups is 2. The van der Waals surface area contributed by atoms with Crippen molar-refractivity contribution in [3.63, 3.8) is 0 Å². The van der Waals surface area contributed by atoms with Crippen LogP contribution in [0.3, 0.4) is 0 Å². The van der Waals surface area contributed by atoms with E-state index in [1.807, 2.05) is 48.5 Å². The number of anilines is 2. The number of hydrogen-bond acceptors (Lipinski definition) is 7. The number of rotatable bonds is 8. The number of benzene rings is 2. The first-order valence-corrected chi connectivity index (χ1v) is 11.7. The largest absolute Gasteiger partial charge is 0.384 e. The monoisotopic (exact) mass is 454 g/mol. The van der Waals surface area contributed by atoms with Crippen LogP contribution in [0.2, 0.25) is 0 Å². The lowest BCUT2D eigenvalue weighted by molar-refractivity contribution is -0.117. The predicted octanol–water partition coefficient (Wildman–Crippen LogP) is 4.05. The molecule has 2 amide bonds. The van der Waals surface area contributed by atoms with Gasteiger partial charge in [0.1, 0.15) is 5.01 Å². The molecule has 160 valence electrons. The van der Waals surface area contributed by atoms with Gasteiger partial charge in [-0.15, -0.1) is 22.0 Å². The van der Waals surface area contributed by atoms with E-state index in [9.17, 15) is 9.59 Å². The molecule has 7 nitrogen and oxygen atoms in total. The number of carbonyl (C=O) groups excluding carboxylic acids is 2. The minimum Gasteiger partial charge on any atom is -0.384 e. The third-order valence-electron chi connectivity index (χ3n) is 4.88. The molecule has 1 N–H and O–H groups in total. The molecule has 0 saturated carbocycles. The number of methoxy groups -OCH3 is 1. The summed E-state index contributed by atoms with van der Waals surface area (Å²) in [6, 6.07) is 17.1. The number of nitrogens with zero attached hydrogens (tertiary/aromatic N) is 3. The highest BCUT2D eigenvalue weighted by molar-refractivity contribution is 7.99. The van der Waals surface area contributed by atoms with Crippen LogP contribution in [0.5, 0.6) is 0 Å². The smallest absolute Gasteiger partial charge is 0.258 e. The van der Waals surface area contributed by atoms with Gasteiger partial charge in [-0.2, -0.15) is 0 Å². The van der Waals surface area contributed by atoms with Crippen molar-refractivity contribution in [2.75, 3.05) is 36.2 Å². The van der Waals surface area contributed by atoms with E-state index in [4.69, 9.17) is 4.74 Å². The molecule has 1 fully saturated rings. The van der Waals surface area contributed by atoms with Gasteiger partial charge in [-0.3, -0.25) is 14.9 Å². The van der Waals surface area contributed by atoms with Gasteiger partial charge in [0.15, 0.2) is 0 Å². The normalized spacial score (nSPS) is 16.0. The van der Waals surface area contributed by atoms with E-state index in [2.05, 4.69) is 15.5 Å². The second-order valence-electron chi connectivity index (χ2n) is 6.98. The van der Waals surface area contributed by atoms with Crippen LogP contribution in [0.1, 0.15) is 27.7 Å². The van der Waals surface area contributed by atoms with Crippen LogP contribution in [-0.4, -0.2) is 48.0 Å². The molecular weight excluding hydrogens is 432 g/mol. The number of aromatic nitrogens is 2. The fourth-order valence-corrected chi connectivity index (χ4v) is 5.15. The van der Waals surface area contributed by atoms with Gasteiger partial charge < -0.3 is 9.64 Å². The second kappa shape index (κ2) is 10.0. The Morgan fingerprint density at radius 2 is 1.97 bits per heavy atom. The number of para-hydroxylation sites is 1. The Bertz CT molecular complexity index is 1060. The first-order valence-electron chi connectivity index (χ1n) is 9.86. The minimum absolute atomic E-state index is 0.0345. The summed E-state index contributed by atoms with van der Waals surface area (Å²) in [4.78, 5) is 27.9. The molecule has 0 aliphatic carbocycles. The van der Waals surface area contributed by atoms with Gasteiger partial charge >= 0.3 is 0 Å². The zero-order valence-electron chi connectivity index (χ0n) is 17.0. The molecular formula is C22H22N4O3S2. The van der Waals surface area contributed by atoms with E-state index >= 15 is 0 Å². The molecule has 4 rings (SSSR count). The molecule has 0 bridgehead atoms. The first-order chi connectivity index (χ1) is 15.2. The van der Waals surface area contributed by atoms with Gasteiger partial charge in [-0.05, 0) is 24.3 Å². The molecule has 9 heteroatoms. The maximum Gasteiger partial charge on any atom is 0.258 e. The number of thioether (sulfide) groups is 1. The molecule has 1 atom stereocenters. The zero-order chi connectivity index (χ0) is 21.6. The number of hydrogen-bond donors (Lipinski definition) is 1. The quantitative estimate of drug-likeness (QED) is 0.408. The second-order valence-corrected chi connectivity index (χ2v) is 9.12. The third kappa shape index (κ3) is 5.12. The summed E-state index contributed by atoms with van der Waals surface area (Å²) in [5, 5.41) is 12.4. The standard InChI is InChI=1S/C22H22N4O3S2/c1-29-11-12-30-18-10-6-5-9-17(18)20(28)23-22-25-24-21(31-22)15-13-19(27)26(14-15)16-7-3-2-4-8-16/h2-10,15H,11-14H2,1H3,(H,23,25,28). The minimum atomic E-state index is -0.225. The number of amides is 2. The Morgan fingerprint density at radius 1 is 1.19 bits per heavy atom. The summed E-state index contributed by atoms with van der Waals surface area (Å²) in [5.41, 5.74) is 1.47. The van der Waals surface area contributed by atoms with Crippen LogP contribution in [0.25, 0.3) is 0 Å². The van der Waals surface area contributed by atoms with Gasteiger partial charge in [-0.25, -0.2) is 0 Å². The molecule has 0 radical (unpaired) electrons. The lowest BCUT2D eigenvalue weighted by Crippen LogP contribution is -2.24. The first kappa shape index (κ1) is 21.5. The molecule has 2 aromatic carbocycles. The van der Waals surface area contributed by atoms with Gasteiger partial charge in [0.2, 0.25) is 11.0 Å². The maximum atomic E-state index is 12.8. The van der Waals surface area contributed by atoms with Gasteiger partial charge in [-0.1, -0.05) is 41.7 Å². The number of ether oxygens (including phenoxy) is 1. The van der Waals surface area contributed by atoms with E-state index in [1.165, 1.54) is 11.3 Å². The molecule has 1 unspecified atom stereocenters. The Labute approximate surface area is 188 Å². The molecule has 1 saturated heterocycles. The average molecular weight is 455 g/mol. The molecule has 3 aromatic rings. The fraction of sp³-hybridized carbons (Fsp3) is 0.273.